The van der Waals surface area contributed by atoms with Gasteiger partial charge in [-0.3, -0.25) is 4.90 Å². The van der Waals surface area contributed by atoms with Gasteiger partial charge in [0, 0.05) is 42.4 Å². The third kappa shape index (κ3) is 7.56. The molecule has 0 unspecified atom stereocenters. The summed E-state index contributed by atoms with van der Waals surface area (Å²) in [5.74, 6) is 0.971. The summed E-state index contributed by atoms with van der Waals surface area (Å²) in [6, 6.07) is 7.28. The van der Waals surface area contributed by atoms with Gasteiger partial charge in [-0.05, 0) is 45.2 Å². The topological polar surface area (TPSA) is 40.6 Å². The number of likely N-dealkylation sites (N-methyl/N-ethyl adjacent to an activating group) is 1. The molecule has 0 radical (unpaired) electrons. The molecule has 0 bridgehead atoms. The first kappa shape index (κ1) is 21.0. The fraction of sp³-hybridized carbons (Fsp3) is 0.625. The van der Waals surface area contributed by atoms with E-state index in [2.05, 4.69) is 52.2 Å². The molecule has 7 heteroatoms. The molecule has 132 valence electrons. The van der Waals surface area contributed by atoms with Gasteiger partial charge in [0.2, 0.25) is 0 Å². The first-order valence-electron chi connectivity index (χ1n) is 7.78. The number of hydrogen-bond donors (Lipinski definition) is 1. The lowest BCUT2D eigenvalue weighted by molar-refractivity contribution is 0.202. The van der Waals surface area contributed by atoms with Crippen molar-refractivity contribution in [3.63, 3.8) is 0 Å². The highest BCUT2D eigenvalue weighted by Gasteiger charge is 2.16. The van der Waals surface area contributed by atoms with Gasteiger partial charge < -0.3 is 4.90 Å². The maximum absolute atomic E-state index is 12.3. The lowest BCUT2D eigenvalue weighted by Crippen LogP contribution is -2.39. The summed E-state index contributed by atoms with van der Waals surface area (Å²) in [4.78, 5) is 4.81. The maximum Gasteiger partial charge on any atom is 0.179 e. The molecule has 0 aliphatic heterocycles. The molecular formula is C16H27BrN2O2S2. The number of benzene rings is 1. The summed E-state index contributed by atoms with van der Waals surface area (Å²) < 4.78 is 25.5. The Balaban J connectivity index is 2.48. The molecule has 4 nitrogen and oxygen atoms in total. The van der Waals surface area contributed by atoms with E-state index in [1.54, 1.807) is 24.3 Å². The first-order valence-corrected chi connectivity index (χ1v) is 10.9. The first-order chi connectivity index (χ1) is 10.8. The predicted octanol–water partition coefficient (Wildman–Crippen LogP) is 2.79. The zero-order valence-corrected chi connectivity index (χ0v) is 17.4. The van der Waals surface area contributed by atoms with E-state index in [1.807, 2.05) is 7.05 Å². The van der Waals surface area contributed by atoms with Gasteiger partial charge in [-0.2, -0.15) is 12.6 Å². The van der Waals surface area contributed by atoms with Crippen molar-refractivity contribution < 1.29 is 8.42 Å². The second kappa shape index (κ2) is 10.0. The molecule has 0 aliphatic rings. The molecule has 0 N–H and O–H groups in total. The quantitative estimate of drug-likeness (QED) is 0.588. The van der Waals surface area contributed by atoms with Crippen molar-refractivity contribution >= 4 is 38.4 Å². The Morgan fingerprint density at radius 3 is 2.22 bits per heavy atom. The number of nitrogens with zero attached hydrogens (tertiary/aromatic N) is 2. The van der Waals surface area contributed by atoms with Gasteiger partial charge in [0.05, 0.1) is 10.6 Å². The van der Waals surface area contributed by atoms with Crippen LogP contribution in [0.3, 0.4) is 0 Å². The number of thiol groups is 1. The number of sulfone groups is 1. The summed E-state index contributed by atoms with van der Waals surface area (Å²) >= 11 is 7.61. The fourth-order valence-electron chi connectivity index (χ4n) is 2.20. The van der Waals surface area contributed by atoms with Crippen LogP contribution in [-0.2, 0) is 9.84 Å². The van der Waals surface area contributed by atoms with Crippen molar-refractivity contribution in [1.29, 1.82) is 0 Å². The Hall–Kier alpha value is -0.0800. The summed E-state index contributed by atoms with van der Waals surface area (Å²) in [5, 5.41) is 0. The van der Waals surface area contributed by atoms with Crippen LogP contribution in [-0.4, -0.2) is 69.0 Å². The minimum atomic E-state index is -3.23. The lowest BCUT2D eigenvalue weighted by Gasteiger charge is -2.28. The summed E-state index contributed by atoms with van der Waals surface area (Å²) in [6.07, 6.45) is 0. The Bertz CT molecular complexity index is 562. The van der Waals surface area contributed by atoms with E-state index >= 15 is 0 Å². The van der Waals surface area contributed by atoms with Crippen LogP contribution in [0.25, 0.3) is 0 Å². The maximum atomic E-state index is 12.3. The molecule has 0 fully saturated rings. The van der Waals surface area contributed by atoms with Crippen LogP contribution >= 0.6 is 28.6 Å². The number of halogens is 1. The number of hydrogen-bond acceptors (Lipinski definition) is 5. The fourth-order valence-corrected chi connectivity index (χ4v) is 4.06. The monoisotopic (exact) mass is 422 g/mol. The summed E-state index contributed by atoms with van der Waals surface area (Å²) in [7, 11) is -1.26. The van der Waals surface area contributed by atoms with E-state index < -0.39 is 9.84 Å². The van der Waals surface area contributed by atoms with Gasteiger partial charge in [-0.15, -0.1) is 0 Å². The van der Waals surface area contributed by atoms with E-state index in [0.717, 1.165) is 29.9 Å². The van der Waals surface area contributed by atoms with Gasteiger partial charge >= 0.3 is 0 Å². The van der Waals surface area contributed by atoms with Crippen LogP contribution in [0.5, 0.6) is 0 Å². The van der Waals surface area contributed by atoms with Crippen LogP contribution in [0.1, 0.15) is 13.8 Å². The van der Waals surface area contributed by atoms with Gasteiger partial charge in [0.15, 0.2) is 9.84 Å². The van der Waals surface area contributed by atoms with E-state index in [4.69, 9.17) is 0 Å². The Morgan fingerprint density at radius 1 is 1.09 bits per heavy atom. The molecule has 23 heavy (non-hydrogen) atoms. The van der Waals surface area contributed by atoms with E-state index in [-0.39, 0.29) is 5.75 Å². The van der Waals surface area contributed by atoms with Gasteiger partial charge in [0.25, 0.3) is 0 Å². The molecule has 1 aromatic rings. The molecular weight excluding hydrogens is 396 g/mol. The molecule has 0 saturated carbocycles. The third-order valence-electron chi connectivity index (χ3n) is 3.80. The number of rotatable bonds is 10. The Labute approximate surface area is 154 Å². The molecule has 0 atom stereocenters. The van der Waals surface area contributed by atoms with Crippen molar-refractivity contribution in [1.82, 2.24) is 9.80 Å². The molecule has 0 heterocycles. The second-order valence-electron chi connectivity index (χ2n) is 5.93. The molecule has 1 rings (SSSR count). The van der Waals surface area contributed by atoms with E-state index in [1.165, 1.54) is 0 Å². The van der Waals surface area contributed by atoms with Crippen molar-refractivity contribution in [3.8, 4) is 0 Å². The molecule has 1 aromatic carbocycles. The van der Waals surface area contributed by atoms with Gasteiger partial charge in [-0.1, -0.05) is 15.9 Å². The smallest absolute Gasteiger partial charge is 0.179 e. The zero-order valence-electron chi connectivity index (χ0n) is 14.1. The zero-order chi connectivity index (χ0) is 17.5. The largest absolute Gasteiger partial charge is 0.304 e. The average molecular weight is 423 g/mol. The van der Waals surface area contributed by atoms with Crippen molar-refractivity contribution in [3.05, 3.63) is 28.7 Å². The lowest BCUT2D eigenvalue weighted by atomic mass is 10.3. The van der Waals surface area contributed by atoms with E-state index in [0.29, 0.717) is 17.5 Å². The Morgan fingerprint density at radius 2 is 1.70 bits per heavy atom. The minimum Gasteiger partial charge on any atom is -0.304 e. The van der Waals surface area contributed by atoms with Crippen LogP contribution in [0.2, 0.25) is 0 Å². The molecule has 0 amide bonds. The normalized spacial score (nSPS) is 12.5. The summed E-state index contributed by atoms with van der Waals surface area (Å²) in [6.45, 7) is 7.59. The standard InChI is InChI=1S/C16H27BrN2O2S2/c1-14(2)19(10-12-22)9-8-18(3)11-13-23(20,21)16-6-4-15(17)5-7-16/h4-7,14,22H,8-13H2,1-3H3. The average Bonchev–Trinajstić information content (AvgIpc) is 2.49. The van der Waals surface area contributed by atoms with Crippen LogP contribution in [0.15, 0.2) is 33.6 Å². The van der Waals surface area contributed by atoms with Gasteiger partial charge in [0.1, 0.15) is 0 Å². The highest BCUT2D eigenvalue weighted by atomic mass is 79.9. The molecule has 0 saturated heterocycles. The van der Waals surface area contributed by atoms with Crippen LogP contribution in [0, 0.1) is 0 Å². The van der Waals surface area contributed by atoms with Crippen molar-refractivity contribution in [2.75, 3.05) is 44.7 Å². The third-order valence-corrected chi connectivity index (χ3v) is 6.24. The van der Waals surface area contributed by atoms with Crippen LogP contribution < -0.4 is 0 Å². The highest BCUT2D eigenvalue weighted by Crippen LogP contribution is 2.16. The predicted molar refractivity (Wildman–Crippen MR) is 104 cm³/mol. The van der Waals surface area contributed by atoms with Crippen molar-refractivity contribution in [2.24, 2.45) is 0 Å². The van der Waals surface area contributed by atoms with E-state index in [9.17, 15) is 8.42 Å². The molecule has 0 aliphatic carbocycles. The minimum absolute atomic E-state index is 0.138. The van der Waals surface area contributed by atoms with Crippen LogP contribution in [0.4, 0.5) is 0 Å². The summed E-state index contributed by atoms with van der Waals surface area (Å²) in [5.41, 5.74) is 0. The molecule has 0 aromatic heterocycles. The van der Waals surface area contributed by atoms with Gasteiger partial charge in [-0.25, -0.2) is 8.42 Å². The Kier molecular flexibility index (Phi) is 9.15. The highest BCUT2D eigenvalue weighted by molar-refractivity contribution is 9.10. The molecule has 0 spiro atoms. The second-order valence-corrected chi connectivity index (χ2v) is 9.40. The SMILES string of the molecule is CC(C)N(CCS)CCN(C)CCS(=O)(=O)c1ccc(Br)cc1. The van der Waals surface area contributed by atoms with Crippen molar-refractivity contribution in [2.45, 2.75) is 24.8 Å².